The first kappa shape index (κ1) is 27.8. The molecule has 192 valence electrons. The smallest absolute Gasteiger partial charge is 0.255 e. The molecule has 0 unspecified atom stereocenters. The van der Waals surface area contributed by atoms with Crippen molar-refractivity contribution in [3.63, 3.8) is 0 Å². The Morgan fingerprint density at radius 1 is 0.811 bits per heavy atom. The van der Waals surface area contributed by atoms with Crippen molar-refractivity contribution in [2.75, 3.05) is 30.3 Å². The van der Waals surface area contributed by atoms with Crippen LogP contribution in [0.25, 0.3) is 10.9 Å². The highest BCUT2D eigenvalue weighted by Crippen LogP contribution is 2.23. The summed E-state index contributed by atoms with van der Waals surface area (Å²) in [4.78, 5) is 31.9. The summed E-state index contributed by atoms with van der Waals surface area (Å²) in [6.45, 7) is 12.0. The Morgan fingerprint density at radius 3 is 2.11 bits per heavy atom. The van der Waals surface area contributed by atoms with Gasteiger partial charge in [0.1, 0.15) is 0 Å². The quantitative estimate of drug-likeness (QED) is 0.276. The average Bonchev–Trinajstić information content (AvgIpc) is 2.92. The van der Waals surface area contributed by atoms with Crippen molar-refractivity contribution in [2.24, 2.45) is 0 Å². The Bertz CT molecular complexity index is 1350. The molecule has 2 amide bonds. The molecule has 6 nitrogen and oxygen atoms in total. The minimum atomic E-state index is -0.255. The number of amides is 2. The maximum absolute atomic E-state index is 12.8. The average molecular weight is 517 g/mol. The van der Waals surface area contributed by atoms with Gasteiger partial charge in [-0.1, -0.05) is 44.5 Å². The third-order valence-corrected chi connectivity index (χ3v) is 6.31. The first-order chi connectivity index (χ1) is 17.8. The van der Waals surface area contributed by atoms with Crippen molar-refractivity contribution in [2.45, 2.75) is 27.7 Å². The highest BCUT2D eigenvalue weighted by atomic mass is 35.5. The molecular formula is C30H33ClN4O2. The fourth-order valence-corrected chi connectivity index (χ4v) is 3.85. The number of hydrogen-bond acceptors (Lipinski definition) is 4. The van der Waals surface area contributed by atoms with E-state index in [1.807, 2.05) is 31.2 Å². The van der Waals surface area contributed by atoms with E-state index in [1.165, 1.54) is 19.6 Å². The van der Waals surface area contributed by atoms with Crippen LogP contribution in [-0.4, -0.2) is 41.3 Å². The van der Waals surface area contributed by atoms with Crippen LogP contribution in [0.5, 0.6) is 0 Å². The standard InChI is InChI=1S/C24H18ClN3O2.C6H15N/c1-15-4-10-20(27-23(29)16-5-8-19(25)9-6-16)14-22(15)28-24(30)18-7-11-21-17(13-18)3-2-12-26-21;1-4-7(5-2)6-3/h2-14H,1H3,(H,27,29)(H,28,30);4-6H2,1-3H3. The molecule has 0 aliphatic rings. The Kier molecular flexibility index (Phi) is 10.2. The SMILES string of the molecule is CCN(CC)CC.Cc1ccc(NC(=O)c2ccc(Cl)cc2)cc1NC(=O)c1ccc2ncccc2c1. The van der Waals surface area contributed by atoms with E-state index >= 15 is 0 Å². The molecule has 4 aromatic rings. The molecule has 3 aromatic carbocycles. The number of nitrogens with zero attached hydrogens (tertiary/aromatic N) is 2. The summed E-state index contributed by atoms with van der Waals surface area (Å²) < 4.78 is 0. The molecule has 37 heavy (non-hydrogen) atoms. The van der Waals surface area contributed by atoms with E-state index in [0.29, 0.717) is 27.5 Å². The summed E-state index contributed by atoms with van der Waals surface area (Å²) in [5.74, 6) is -0.486. The van der Waals surface area contributed by atoms with E-state index in [4.69, 9.17) is 11.6 Å². The summed E-state index contributed by atoms with van der Waals surface area (Å²) in [7, 11) is 0. The Hall–Kier alpha value is -3.74. The van der Waals surface area contributed by atoms with E-state index in [9.17, 15) is 9.59 Å². The summed E-state index contributed by atoms with van der Waals surface area (Å²) in [5, 5.41) is 7.23. The summed E-state index contributed by atoms with van der Waals surface area (Å²) in [5.41, 5.74) is 3.95. The van der Waals surface area contributed by atoms with E-state index in [2.05, 4.69) is 41.3 Å². The largest absolute Gasteiger partial charge is 0.322 e. The number of hydrogen-bond donors (Lipinski definition) is 2. The lowest BCUT2D eigenvalue weighted by molar-refractivity contribution is 0.101. The van der Waals surface area contributed by atoms with Crippen LogP contribution in [0.2, 0.25) is 5.02 Å². The van der Waals surface area contributed by atoms with Crippen LogP contribution in [0.4, 0.5) is 11.4 Å². The number of pyridine rings is 1. The first-order valence-electron chi connectivity index (χ1n) is 12.4. The number of carbonyl (C=O) groups excluding carboxylic acids is 2. The van der Waals surface area contributed by atoms with E-state index in [0.717, 1.165) is 16.5 Å². The van der Waals surface area contributed by atoms with Gasteiger partial charge >= 0.3 is 0 Å². The van der Waals surface area contributed by atoms with Crippen molar-refractivity contribution in [1.82, 2.24) is 9.88 Å². The maximum Gasteiger partial charge on any atom is 0.255 e. The number of aryl methyl sites for hydroxylation is 1. The molecule has 0 radical (unpaired) electrons. The molecule has 4 rings (SSSR count). The van der Waals surface area contributed by atoms with Crippen LogP contribution < -0.4 is 10.6 Å². The fraction of sp³-hybridized carbons (Fsp3) is 0.233. The zero-order chi connectivity index (χ0) is 26.8. The topological polar surface area (TPSA) is 74.3 Å². The number of fused-ring (bicyclic) bond motifs is 1. The molecule has 0 fully saturated rings. The summed E-state index contributed by atoms with van der Waals surface area (Å²) in [6.07, 6.45) is 1.72. The van der Waals surface area contributed by atoms with E-state index in [1.54, 1.807) is 54.7 Å². The van der Waals surface area contributed by atoms with Crippen molar-refractivity contribution >= 4 is 45.7 Å². The van der Waals surface area contributed by atoms with Crippen LogP contribution in [0.1, 0.15) is 47.1 Å². The molecule has 0 aliphatic heterocycles. The molecule has 1 heterocycles. The van der Waals surface area contributed by atoms with Crippen molar-refractivity contribution < 1.29 is 9.59 Å². The number of aromatic nitrogens is 1. The van der Waals surface area contributed by atoms with Crippen LogP contribution in [0.15, 0.2) is 79.0 Å². The van der Waals surface area contributed by atoms with Crippen molar-refractivity contribution in [1.29, 1.82) is 0 Å². The molecule has 0 atom stereocenters. The Morgan fingerprint density at radius 2 is 1.46 bits per heavy atom. The lowest BCUT2D eigenvalue weighted by atomic mass is 10.1. The van der Waals surface area contributed by atoms with Gasteiger partial charge in [-0.05, 0) is 92.8 Å². The lowest BCUT2D eigenvalue weighted by Crippen LogP contribution is -2.21. The van der Waals surface area contributed by atoms with E-state index < -0.39 is 0 Å². The number of anilines is 2. The van der Waals surface area contributed by atoms with Gasteiger partial charge in [0.2, 0.25) is 0 Å². The van der Waals surface area contributed by atoms with Crippen molar-refractivity contribution in [3.05, 3.63) is 101 Å². The number of rotatable bonds is 7. The van der Waals surface area contributed by atoms with Gasteiger partial charge in [-0.3, -0.25) is 14.6 Å². The molecular weight excluding hydrogens is 484 g/mol. The lowest BCUT2D eigenvalue weighted by Gasteiger charge is -2.13. The van der Waals surface area contributed by atoms with Gasteiger partial charge in [-0.15, -0.1) is 0 Å². The minimum Gasteiger partial charge on any atom is -0.322 e. The van der Waals surface area contributed by atoms with Gasteiger partial charge in [0.15, 0.2) is 0 Å². The van der Waals surface area contributed by atoms with E-state index in [-0.39, 0.29) is 11.8 Å². The van der Waals surface area contributed by atoms with Gasteiger partial charge in [0, 0.05) is 39.1 Å². The zero-order valence-electron chi connectivity index (χ0n) is 21.7. The fourth-order valence-electron chi connectivity index (χ4n) is 3.72. The number of nitrogens with one attached hydrogen (secondary N) is 2. The molecule has 1 aromatic heterocycles. The predicted molar refractivity (Wildman–Crippen MR) is 154 cm³/mol. The van der Waals surface area contributed by atoms with Gasteiger partial charge in [-0.25, -0.2) is 0 Å². The number of carbonyl (C=O) groups is 2. The predicted octanol–water partition coefficient (Wildman–Crippen LogP) is 7.05. The highest BCUT2D eigenvalue weighted by molar-refractivity contribution is 6.30. The van der Waals surface area contributed by atoms with Crippen LogP contribution in [0, 0.1) is 6.92 Å². The second-order valence-corrected chi connectivity index (χ2v) is 8.91. The van der Waals surface area contributed by atoms with Crippen LogP contribution in [0.3, 0.4) is 0 Å². The summed E-state index contributed by atoms with van der Waals surface area (Å²) >= 11 is 5.87. The molecule has 0 aliphatic carbocycles. The number of benzene rings is 3. The minimum absolute atomic E-state index is 0.231. The molecule has 0 bridgehead atoms. The monoisotopic (exact) mass is 516 g/mol. The Balaban J connectivity index is 0.000000479. The Labute approximate surface area is 223 Å². The molecule has 7 heteroatoms. The molecule has 0 spiro atoms. The maximum atomic E-state index is 12.8. The highest BCUT2D eigenvalue weighted by Gasteiger charge is 2.11. The van der Waals surface area contributed by atoms with Crippen LogP contribution in [-0.2, 0) is 0 Å². The van der Waals surface area contributed by atoms with Gasteiger partial charge in [0.05, 0.1) is 5.52 Å². The van der Waals surface area contributed by atoms with Gasteiger partial charge < -0.3 is 15.5 Å². The number of halogens is 1. The van der Waals surface area contributed by atoms with Gasteiger partial charge in [-0.2, -0.15) is 0 Å². The second-order valence-electron chi connectivity index (χ2n) is 8.48. The zero-order valence-corrected chi connectivity index (χ0v) is 22.5. The van der Waals surface area contributed by atoms with Crippen LogP contribution >= 0.6 is 11.6 Å². The normalized spacial score (nSPS) is 10.5. The second kappa shape index (κ2) is 13.5. The third kappa shape index (κ3) is 7.87. The van der Waals surface area contributed by atoms with Crippen molar-refractivity contribution in [3.8, 4) is 0 Å². The molecule has 2 N–H and O–H groups in total. The molecule has 0 saturated carbocycles. The molecule has 0 saturated heterocycles. The third-order valence-electron chi connectivity index (χ3n) is 6.06. The van der Waals surface area contributed by atoms with Gasteiger partial charge in [0.25, 0.3) is 11.8 Å². The first-order valence-corrected chi connectivity index (χ1v) is 12.8. The summed E-state index contributed by atoms with van der Waals surface area (Å²) in [6, 6.07) is 21.1.